The summed E-state index contributed by atoms with van der Waals surface area (Å²) in [6.45, 7) is 6.69. The van der Waals surface area contributed by atoms with Gasteiger partial charge in [0.1, 0.15) is 5.70 Å². The Hall–Kier alpha value is -2.14. The highest BCUT2D eigenvalue weighted by Crippen LogP contribution is 2.35. The molecule has 5 nitrogen and oxygen atoms in total. The van der Waals surface area contributed by atoms with Crippen LogP contribution in [-0.2, 0) is 9.59 Å². The van der Waals surface area contributed by atoms with E-state index in [1.54, 1.807) is 4.90 Å². The molecule has 180 valence electrons. The number of imide groups is 1. The average Bonchev–Trinajstić information content (AvgIpc) is 3.10. The normalized spacial score (nSPS) is 23.1. The van der Waals surface area contributed by atoms with Crippen LogP contribution >= 0.6 is 0 Å². The Morgan fingerprint density at radius 3 is 1.82 bits per heavy atom. The number of nitrogens with zero attached hydrogens (tertiary/aromatic N) is 3. The minimum absolute atomic E-state index is 0.0255. The molecule has 0 unspecified atom stereocenters. The molecule has 1 aliphatic carbocycles. The molecular weight excluding hydrogens is 410 g/mol. The van der Waals surface area contributed by atoms with Crippen LogP contribution in [0.5, 0.6) is 0 Å². The number of hydrogen-bond donors (Lipinski definition) is 0. The van der Waals surface area contributed by atoms with Gasteiger partial charge in [-0.2, -0.15) is 0 Å². The van der Waals surface area contributed by atoms with E-state index >= 15 is 0 Å². The van der Waals surface area contributed by atoms with Crippen LogP contribution in [0, 0.1) is 0 Å². The van der Waals surface area contributed by atoms with Crippen LogP contribution in [0.15, 0.2) is 36.0 Å². The predicted octanol–water partition coefficient (Wildman–Crippen LogP) is 5.08. The van der Waals surface area contributed by atoms with Crippen molar-refractivity contribution in [1.82, 2.24) is 14.7 Å². The van der Waals surface area contributed by atoms with Crippen molar-refractivity contribution in [2.45, 2.75) is 83.6 Å². The Balaban J connectivity index is 1.60. The number of benzene rings is 1. The van der Waals surface area contributed by atoms with Crippen LogP contribution in [-0.4, -0.2) is 65.3 Å². The zero-order valence-corrected chi connectivity index (χ0v) is 20.4. The lowest BCUT2D eigenvalue weighted by molar-refractivity contribution is -0.140. The van der Waals surface area contributed by atoms with Crippen molar-refractivity contribution in [1.29, 1.82) is 0 Å². The molecule has 0 atom stereocenters. The third kappa shape index (κ3) is 5.68. The number of rotatable bonds is 4. The average molecular weight is 452 g/mol. The SMILES string of the molecule is CCN1CCN(C2=C(c3ccccc3)C(=O)N(C3CCCCCCCCCCC3)C2=O)CC1. The molecule has 33 heavy (non-hydrogen) atoms. The number of carbonyl (C=O) groups excluding carboxylic acids is 2. The third-order valence-electron chi connectivity index (χ3n) is 7.73. The molecule has 2 amide bonds. The van der Waals surface area contributed by atoms with Gasteiger partial charge in [-0.05, 0) is 24.9 Å². The van der Waals surface area contributed by atoms with E-state index in [9.17, 15) is 9.59 Å². The summed E-state index contributed by atoms with van der Waals surface area (Å²) in [6.07, 6.45) is 13.0. The van der Waals surface area contributed by atoms with Crippen molar-refractivity contribution >= 4 is 17.4 Å². The van der Waals surface area contributed by atoms with Crippen LogP contribution in [0.4, 0.5) is 0 Å². The molecule has 2 aliphatic heterocycles. The highest BCUT2D eigenvalue weighted by Gasteiger charge is 2.44. The molecule has 4 rings (SSSR count). The van der Waals surface area contributed by atoms with Gasteiger partial charge in [-0.1, -0.05) is 95.0 Å². The monoisotopic (exact) mass is 451 g/mol. The first-order valence-electron chi connectivity index (χ1n) is 13.4. The van der Waals surface area contributed by atoms with Crippen LogP contribution in [0.3, 0.4) is 0 Å². The lowest BCUT2D eigenvalue weighted by atomic mass is 9.96. The number of hydrogen-bond acceptors (Lipinski definition) is 4. The summed E-state index contributed by atoms with van der Waals surface area (Å²) in [4.78, 5) is 34.0. The molecule has 1 aromatic rings. The van der Waals surface area contributed by atoms with E-state index in [0.29, 0.717) is 11.3 Å². The zero-order chi connectivity index (χ0) is 23.0. The van der Waals surface area contributed by atoms with E-state index in [-0.39, 0.29) is 17.9 Å². The second-order valence-electron chi connectivity index (χ2n) is 9.90. The lowest BCUT2D eigenvalue weighted by Crippen LogP contribution is -2.48. The second kappa shape index (κ2) is 11.8. The second-order valence-corrected chi connectivity index (χ2v) is 9.90. The fraction of sp³-hybridized carbons (Fsp3) is 0.643. The zero-order valence-electron chi connectivity index (χ0n) is 20.4. The Bertz CT molecular complexity index is 815. The third-order valence-corrected chi connectivity index (χ3v) is 7.73. The van der Waals surface area contributed by atoms with Gasteiger partial charge in [0.25, 0.3) is 11.8 Å². The van der Waals surface area contributed by atoms with E-state index in [2.05, 4.69) is 16.7 Å². The molecule has 0 bridgehead atoms. The van der Waals surface area contributed by atoms with Crippen molar-refractivity contribution < 1.29 is 9.59 Å². The van der Waals surface area contributed by atoms with E-state index in [1.807, 2.05) is 30.3 Å². The van der Waals surface area contributed by atoms with Crippen LogP contribution in [0.1, 0.15) is 83.1 Å². The van der Waals surface area contributed by atoms with Crippen molar-refractivity contribution in [2.24, 2.45) is 0 Å². The van der Waals surface area contributed by atoms with Gasteiger partial charge in [0.05, 0.1) is 5.57 Å². The smallest absolute Gasteiger partial charge is 0.278 e. The molecule has 0 spiro atoms. The maximum Gasteiger partial charge on any atom is 0.278 e. The van der Waals surface area contributed by atoms with Gasteiger partial charge in [-0.25, -0.2) is 0 Å². The van der Waals surface area contributed by atoms with Crippen LogP contribution in [0.25, 0.3) is 5.57 Å². The highest BCUT2D eigenvalue weighted by atomic mass is 16.2. The van der Waals surface area contributed by atoms with E-state index in [1.165, 1.54) is 44.9 Å². The molecule has 3 aliphatic rings. The fourth-order valence-corrected chi connectivity index (χ4v) is 5.71. The fourth-order valence-electron chi connectivity index (χ4n) is 5.71. The minimum atomic E-state index is -0.0729. The largest absolute Gasteiger partial charge is 0.364 e. The van der Waals surface area contributed by atoms with Gasteiger partial charge in [-0.15, -0.1) is 0 Å². The summed E-state index contributed by atoms with van der Waals surface area (Å²) in [5.74, 6) is -0.128. The summed E-state index contributed by atoms with van der Waals surface area (Å²) in [6, 6.07) is 9.88. The molecule has 1 aromatic carbocycles. The van der Waals surface area contributed by atoms with Crippen molar-refractivity contribution in [3.05, 3.63) is 41.6 Å². The molecule has 2 heterocycles. The molecule has 5 heteroatoms. The maximum absolute atomic E-state index is 13.9. The van der Waals surface area contributed by atoms with Crippen molar-refractivity contribution in [3.8, 4) is 0 Å². The van der Waals surface area contributed by atoms with Crippen molar-refractivity contribution in [2.75, 3.05) is 32.7 Å². The Labute approximate surface area is 199 Å². The van der Waals surface area contributed by atoms with Gasteiger partial charge >= 0.3 is 0 Å². The molecule has 0 aromatic heterocycles. The van der Waals surface area contributed by atoms with Gasteiger partial charge in [0, 0.05) is 32.2 Å². The molecule has 1 saturated carbocycles. The number of carbonyl (C=O) groups is 2. The summed E-state index contributed by atoms with van der Waals surface area (Å²) in [5.41, 5.74) is 2.14. The predicted molar refractivity (Wildman–Crippen MR) is 133 cm³/mol. The van der Waals surface area contributed by atoms with Gasteiger partial charge in [0.15, 0.2) is 0 Å². The first-order valence-corrected chi connectivity index (χ1v) is 13.4. The Kier molecular flexibility index (Phi) is 8.60. The number of piperazine rings is 1. The van der Waals surface area contributed by atoms with E-state index in [0.717, 1.165) is 64.0 Å². The first kappa shape index (κ1) is 24.0. The van der Waals surface area contributed by atoms with Crippen LogP contribution in [0.2, 0.25) is 0 Å². The Morgan fingerprint density at radius 2 is 1.27 bits per heavy atom. The van der Waals surface area contributed by atoms with Gasteiger partial charge < -0.3 is 9.80 Å². The van der Waals surface area contributed by atoms with Gasteiger partial charge in [0.2, 0.25) is 0 Å². The quantitative estimate of drug-likeness (QED) is 0.599. The standard InChI is InChI=1S/C28H41N3O2/c1-2-29-19-21-30(22-20-29)26-25(23-15-11-10-12-16-23)27(32)31(28(26)33)24-17-13-8-6-4-3-5-7-9-14-18-24/h10-12,15-16,24H,2-9,13-14,17-22H2,1H3. The summed E-state index contributed by atoms with van der Waals surface area (Å²) in [7, 11) is 0. The maximum atomic E-state index is 13.9. The summed E-state index contributed by atoms with van der Waals surface area (Å²) < 4.78 is 0. The Morgan fingerprint density at radius 1 is 0.727 bits per heavy atom. The van der Waals surface area contributed by atoms with E-state index < -0.39 is 0 Å². The topological polar surface area (TPSA) is 43.9 Å². The minimum Gasteiger partial charge on any atom is -0.364 e. The number of amides is 2. The van der Waals surface area contributed by atoms with Crippen molar-refractivity contribution in [3.63, 3.8) is 0 Å². The molecule has 0 radical (unpaired) electrons. The van der Waals surface area contributed by atoms with Gasteiger partial charge in [-0.3, -0.25) is 14.5 Å². The molecule has 0 N–H and O–H groups in total. The number of likely N-dealkylation sites (N-methyl/N-ethyl adjacent to an activating group) is 1. The molecular formula is C28H41N3O2. The van der Waals surface area contributed by atoms with Crippen LogP contribution < -0.4 is 0 Å². The molecule has 1 saturated heterocycles. The summed E-state index contributed by atoms with van der Waals surface area (Å²) >= 11 is 0. The summed E-state index contributed by atoms with van der Waals surface area (Å²) in [5, 5.41) is 0. The first-order chi connectivity index (χ1) is 16.2. The molecule has 2 fully saturated rings. The lowest BCUT2D eigenvalue weighted by Gasteiger charge is -2.36. The highest BCUT2D eigenvalue weighted by molar-refractivity contribution is 6.35. The van der Waals surface area contributed by atoms with E-state index in [4.69, 9.17) is 0 Å².